The van der Waals surface area contributed by atoms with Crippen LogP contribution < -0.4 is 5.32 Å². The Labute approximate surface area is 92.1 Å². The van der Waals surface area contributed by atoms with Crippen LogP contribution in [0.3, 0.4) is 0 Å². The Bertz CT molecular complexity index is 314. The van der Waals surface area contributed by atoms with E-state index in [4.69, 9.17) is 0 Å². The summed E-state index contributed by atoms with van der Waals surface area (Å²) in [7, 11) is 0. The summed E-state index contributed by atoms with van der Waals surface area (Å²) in [5, 5.41) is 3.39. The largest absolute Gasteiger partial charge is 0.317 e. The van der Waals surface area contributed by atoms with Crippen molar-refractivity contribution in [3.8, 4) is 0 Å². The first-order chi connectivity index (χ1) is 7.27. The van der Waals surface area contributed by atoms with Crippen LogP contribution in [0, 0.1) is 0 Å². The lowest BCUT2D eigenvalue weighted by Gasteiger charge is -2.22. The molecule has 0 atom stereocenters. The van der Waals surface area contributed by atoms with Gasteiger partial charge >= 0.3 is 0 Å². The molecule has 1 fully saturated rings. The van der Waals surface area contributed by atoms with Crippen LogP contribution in [0.2, 0.25) is 0 Å². The molecule has 1 N–H and O–H groups in total. The van der Waals surface area contributed by atoms with Crippen molar-refractivity contribution in [1.29, 1.82) is 0 Å². The van der Waals surface area contributed by atoms with Crippen molar-refractivity contribution in [2.24, 2.45) is 0 Å². The Morgan fingerprint density at radius 1 is 1.33 bits per heavy atom. The van der Waals surface area contributed by atoms with E-state index in [9.17, 15) is 0 Å². The molecule has 0 saturated carbocycles. The fraction of sp³-hybridized carbons (Fsp3) is 0.615. The van der Waals surface area contributed by atoms with Crippen LogP contribution in [0.15, 0.2) is 18.3 Å². The molecule has 1 aliphatic rings. The van der Waals surface area contributed by atoms with Gasteiger partial charge in [0.1, 0.15) is 0 Å². The summed E-state index contributed by atoms with van der Waals surface area (Å²) in [6.07, 6.45) is 4.43. The first kappa shape index (κ1) is 10.6. The summed E-state index contributed by atoms with van der Waals surface area (Å²) in [4.78, 5) is 4.52. The van der Waals surface area contributed by atoms with Gasteiger partial charge < -0.3 is 5.32 Å². The molecule has 1 saturated heterocycles. The summed E-state index contributed by atoms with van der Waals surface area (Å²) in [5.41, 5.74) is 2.71. The number of hydrogen-bond donors (Lipinski definition) is 1. The molecule has 2 nitrogen and oxygen atoms in total. The number of nitrogens with one attached hydrogen (secondary N) is 1. The molecular formula is C13H20N2. The van der Waals surface area contributed by atoms with Crippen LogP contribution in [0.4, 0.5) is 0 Å². The van der Waals surface area contributed by atoms with E-state index in [2.05, 4.69) is 36.3 Å². The lowest BCUT2D eigenvalue weighted by Crippen LogP contribution is -2.27. The van der Waals surface area contributed by atoms with Crippen molar-refractivity contribution < 1.29 is 0 Å². The molecule has 15 heavy (non-hydrogen) atoms. The standard InChI is InChI=1S/C13H20N2/c1-10(2)12-5-8-15-13(9-12)11-3-6-14-7-4-11/h5,8-11,14H,3-4,6-7H2,1-2H3. The summed E-state index contributed by atoms with van der Waals surface area (Å²) >= 11 is 0. The molecule has 2 heteroatoms. The van der Waals surface area contributed by atoms with E-state index in [0.717, 1.165) is 13.1 Å². The van der Waals surface area contributed by atoms with Gasteiger partial charge in [-0.3, -0.25) is 4.98 Å². The number of nitrogens with zero attached hydrogens (tertiary/aromatic N) is 1. The van der Waals surface area contributed by atoms with Gasteiger partial charge in [0.05, 0.1) is 0 Å². The lowest BCUT2D eigenvalue weighted by molar-refractivity contribution is 0.453. The maximum Gasteiger partial charge on any atom is 0.0438 e. The van der Waals surface area contributed by atoms with E-state index >= 15 is 0 Å². The van der Waals surface area contributed by atoms with Crippen molar-refractivity contribution in [1.82, 2.24) is 10.3 Å². The minimum Gasteiger partial charge on any atom is -0.317 e. The minimum absolute atomic E-state index is 0.605. The number of hydrogen-bond acceptors (Lipinski definition) is 2. The molecule has 82 valence electrons. The summed E-state index contributed by atoms with van der Waals surface area (Å²) in [6, 6.07) is 4.43. The van der Waals surface area contributed by atoms with E-state index in [1.165, 1.54) is 24.1 Å². The molecule has 1 aromatic heterocycles. The zero-order valence-electron chi connectivity index (χ0n) is 9.66. The Morgan fingerprint density at radius 3 is 2.73 bits per heavy atom. The molecule has 0 radical (unpaired) electrons. The molecule has 2 rings (SSSR count). The molecule has 1 aliphatic heterocycles. The second-order valence-corrected chi connectivity index (χ2v) is 4.69. The third-order valence-corrected chi connectivity index (χ3v) is 3.23. The monoisotopic (exact) mass is 204 g/mol. The average molecular weight is 204 g/mol. The van der Waals surface area contributed by atoms with Gasteiger partial charge in [0, 0.05) is 17.8 Å². The van der Waals surface area contributed by atoms with Gasteiger partial charge in [0.25, 0.3) is 0 Å². The Kier molecular flexibility index (Phi) is 3.37. The van der Waals surface area contributed by atoms with Gasteiger partial charge in [-0.25, -0.2) is 0 Å². The maximum atomic E-state index is 4.52. The summed E-state index contributed by atoms with van der Waals surface area (Å²) in [6.45, 7) is 6.75. The predicted molar refractivity (Wildman–Crippen MR) is 63.2 cm³/mol. The van der Waals surface area contributed by atoms with Gasteiger partial charge in [-0.15, -0.1) is 0 Å². The smallest absolute Gasteiger partial charge is 0.0438 e. The van der Waals surface area contributed by atoms with Gasteiger partial charge in [-0.1, -0.05) is 13.8 Å². The lowest BCUT2D eigenvalue weighted by atomic mass is 9.92. The first-order valence-corrected chi connectivity index (χ1v) is 5.94. The van der Waals surface area contributed by atoms with Crippen molar-refractivity contribution in [3.63, 3.8) is 0 Å². The van der Waals surface area contributed by atoms with Crippen LogP contribution in [0.1, 0.15) is 49.8 Å². The SMILES string of the molecule is CC(C)c1ccnc(C2CCNCC2)c1. The molecule has 0 amide bonds. The number of piperidine rings is 1. The number of pyridine rings is 1. The normalized spacial score (nSPS) is 18.3. The molecule has 0 unspecified atom stereocenters. The second kappa shape index (κ2) is 4.75. The minimum atomic E-state index is 0.605. The van der Waals surface area contributed by atoms with Crippen LogP contribution in [-0.4, -0.2) is 18.1 Å². The highest BCUT2D eigenvalue weighted by Gasteiger charge is 2.16. The molecule has 0 bridgehead atoms. The third kappa shape index (κ3) is 2.57. The quantitative estimate of drug-likeness (QED) is 0.801. The number of rotatable bonds is 2. The zero-order chi connectivity index (χ0) is 10.7. The highest BCUT2D eigenvalue weighted by atomic mass is 14.9. The topological polar surface area (TPSA) is 24.9 Å². The van der Waals surface area contributed by atoms with Gasteiger partial charge in [-0.2, -0.15) is 0 Å². The van der Waals surface area contributed by atoms with E-state index in [0.29, 0.717) is 11.8 Å². The van der Waals surface area contributed by atoms with Crippen molar-refractivity contribution in [2.45, 2.75) is 38.5 Å². The Hall–Kier alpha value is -0.890. The fourth-order valence-corrected chi connectivity index (χ4v) is 2.17. The predicted octanol–water partition coefficient (Wildman–Crippen LogP) is 2.67. The van der Waals surface area contributed by atoms with Crippen molar-refractivity contribution in [3.05, 3.63) is 29.6 Å². The maximum absolute atomic E-state index is 4.52. The Balaban J connectivity index is 2.16. The van der Waals surface area contributed by atoms with Crippen LogP contribution >= 0.6 is 0 Å². The van der Waals surface area contributed by atoms with Crippen molar-refractivity contribution >= 4 is 0 Å². The first-order valence-electron chi connectivity index (χ1n) is 5.94. The fourth-order valence-electron chi connectivity index (χ4n) is 2.17. The molecule has 1 aromatic rings. The van der Waals surface area contributed by atoms with E-state index in [1.54, 1.807) is 0 Å². The molecule has 0 spiro atoms. The summed E-state index contributed by atoms with van der Waals surface area (Å²) in [5.74, 6) is 1.28. The van der Waals surface area contributed by atoms with Gasteiger partial charge in [0.15, 0.2) is 0 Å². The highest BCUT2D eigenvalue weighted by molar-refractivity contribution is 5.22. The summed E-state index contributed by atoms with van der Waals surface area (Å²) < 4.78 is 0. The van der Waals surface area contributed by atoms with Crippen LogP contribution in [-0.2, 0) is 0 Å². The second-order valence-electron chi connectivity index (χ2n) is 4.69. The molecule has 0 aliphatic carbocycles. The zero-order valence-corrected chi connectivity index (χ0v) is 9.66. The molecule has 2 heterocycles. The Morgan fingerprint density at radius 2 is 2.07 bits per heavy atom. The molecule has 0 aromatic carbocycles. The molecular weight excluding hydrogens is 184 g/mol. The highest BCUT2D eigenvalue weighted by Crippen LogP contribution is 2.25. The van der Waals surface area contributed by atoms with Crippen LogP contribution in [0.5, 0.6) is 0 Å². The van der Waals surface area contributed by atoms with Gasteiger partial charge in [-0.05, 0) is 49.5 Å². The van der Waals surface area contributed by atoms with Gasteiger partial charge in [0.2, 0.25) is 0 Å². The van der Waals surface area contributed by atoms with E-state index in [1.807, 2.05) is 6.20 Å². The average Bonchev–Trinajstić information content (AvgIpc) is 2.30. The third-order valence-electron chi connectivity index (χ3n) is 3.23. The van der Waals surface area contributed by atoms with Crippen molar-refractivity contribution in [2.75, 3.05) is 13.1 Å². The van der Waals surface area contributed by atoms with Crippen LogP contribution in [0.25, 0.3) is 0 Å². The number of aromatic nitrogens is 1. The van der Waals surface area contributed by atoms with E-state index < -0.39 is 0 Å². The van der Waals surface area contributed by atoms with E-state index in [-0.39, 0.29) is 0 Å².